The van der Waals surface area contributed by atoms with Gasteiger partial charge in [0.2, 0.25) is 5.91 Å². The Kier molecular flexibility index (Phi) is 4.74. The average molecular weight is 332 g/mol. The van der Waals surface area contributed by atoms with E-state index in [4.69, 9.17) is 4.52 Å². The number of carbonyl (C=O) groups excluding carboxylic acids is 2. The number of halogens is 1. The van der Waals surface area contributed by atoms with Gasteiger partial charge in [0.15, 0.2) is 11.6 Å². The van der Waals surface area contributed by atoms with Gasteiger partial charge in [-0.3, -0.25) is 4.79 Å². The summed E-state index contributed by atoms with van der Waals surface area (Å²) in [5, 5.41) is 8.73. The van der Waals surface area contributed by atoms with Crippen LogP contribution in [0.3, 0.4) is 0 Å². The minimum Gasteiger partial charge on any atom is -0.354 e. The Morgan fingerprint density at radius 3 is 2.75 bits per heavy atom. The van der Waals surface area contributed by atoms with Crippen molar-refractivity contribution in [1.29, 1.82) is 0 Å². The lowest BCUT2D eigenvalue weighted by Gasteiger charge is -2.15. The molecule has 2 aromatic rings. The molecule has 0 saturated carbocycles. The molecule has 0 atom stereocenters. The van der Waals surface area contributed by atoms with Crippen molar-refractivity contribution in [1.82, 2.24) is 15.4 Å². The average Bonchev–Trinajstić information content (AvgIpc) is 3.25. The number of rotatable bonds is 4. The predicted octanol–water partition coefficient (Wildman–Crippen LogP) is 2.22. The van der Waals surface area contributed by atoms with Gasteiger partial charge in [0.25, 0.3) is 0 Å². The van der Waals surface area contributed by atoms with Crippen LogP contribution in [0.5, 0.6) is 0 Å². The van der Waals surface area contributed by atoms with Crippen molar-refractivity contribution >= 4 is 17.8 Å². The lowest BCUT2D eigenvalue weighted by molar-refractivity contribution is -0.115. The number of hydrogen-bond acceptors (Lipinski definition) is 4. The van der Waals surface area contributed by atoms with Gasteiger partial charge in [-0.05, 0) is 25.0 Å². The molecular formula is C16H17FN4O3. The second-order valence-corrected chi connectivity index (χ2v) is 5.46. The van der Waals surface area contributed by atoms with Gasteiger partial charge >= 0.3 is 6.03 Å². The van der Waals surface area contributed by atoms with Crippen LogP contribution in [0.15, 0.2) is 34.9 Å². The van der Waals surface area contributed by atoms with Gasteiger partial charge in [0, 0.05) is 19.2 Å². The molecule has 1 saturated heterocycles. The molecular weight excluding hydrogens is 315 g/mol. The fourth-order valence-electron chi connectivity index (χ4n) is 2.50. The highest BCUT2D eigenvalue weighted by Crippen LogP contribution is 2.24. The molecule has 7 nitrogen and oxygen atoms in total. The Morgan fingerprint density at radius 1 is 1.25 bits per heavy atom. The molecule has 2 N–H and O–H groups in total. The van der Waals surface area contributed by atoms with Crippen LogP contribution in [-0.4, -0.2) is 41.6 Å². The van der Waals surface area contributed by atoms with Crippen molar-refractivity contribution in [2.75, 3.05) is 25.0 Å². The van der Waals surface area contributed by atoms with Gasteiger partial charge in [-0.25, -0.2) is 9.18 Å². The van der Waals surface area contributed by atoms with Crippen LogP contribution in [0.25, 0.3) is 11.3 Å². The molecule has 24 heavy (non-hydrogen) atoms. The summed E-state index contributed by atoms with van der Waals surface area (Å²) in [4.78, 5) is 25.3. The first-order valence-corrected chi connectivity index (χ1v) is 7.68. The summed E-state index contributed by atoms with van der Waals surface area (Å²) >= 11 is 0. The normalized spacial score (nSPS) is 13.8. The molecule has 1 aliphatic rings. The van der Waals surface area contributed by atoms with Gasteiger partial charge in [0.05, 0.1) is 12.1 Å². The largest absolute Gasteiger partial charge is 0.354 e. The topological polar surface area (TPSA) is 87.5 Å². The van der Waals surface area contributed by atoms with Crippen LogP contribution in [0.4, 0.5) is 15.0 Å². The number of aromatic nitrogens is 1. The number of nitrogens with one attached hydrogen (secondary N) is 2. The molecule has 8 heteroatoms. The maximum Gasteiger partial charge on any atom is 0.317 e. The smallest absolute Gasteiger partial charge is 0.317 e. The number of likely N-dealkylation sites (tertiary alicyclic amines) is 1. The van der Waals surface area contributed by atoms with Gasteiger partial charge in [0.1, 0.15) is 5.82 Å². The molecule has 0 unspecified atom stereocenters. The van der Waals surface area contributed by atoms with Gasteiger partial charge < -0.3 is 20.1 Å². The van der Waals surface area contributed by atoms with E-state index in [1.165, 1.54) is 12.1 Å². The zero-order valence-electron chi connectivity index (χ0n) is 12.9. The minimum absolute atomic E-state index is 0.161. The molecule has 1 aromatic heterocycles. The van der Waals surface area contributed by atoms with Crippen LogP contribution in [-0.2, 0) is 4.79 Å². The highest BCUT2D eigenvalue weighted by atomic mass is 19.1. The summed E-state index contributed by atoms with van der Waals surface area (Å²) in [5.41, 5.74) is 0.257. The van der Waals surface area contributed by atoms with Gasteiger partial charge in [-0.2, -0.15) is 0 Å². The Hall–Kier alpha value is -2.90. The standard InChI is InChI=1S/C16H17FN4O3/c17-12-6-2-1-5-11(12)13-9-14(20-24-13)19-15(22)10-18-16(23)21-7-3-4-8-21/h1-2,5-6,9H,3-4,7-8,10H2,(H,18,23)(H,19,20,22). The Bertz CT molecular complexity index is 740. The van der Waals surface area contributed by atoms with E-state index in [1.54, 1.807) is 23.1 Å². The first kappa shape index (κ1) is 16.0. The first-order valence-electron chi connectivity index (χ1n) is 7.68. The summed E-state index contributed by atoms with van der Waals surface area (Å²) < 4.78 is 18.7. The Balaban J connectivity index is 1.54. The third-order valence-electron chi connectivity index (χ3n) is 3.71. The second-order valence-electron chi connectivity index (χ2n) is 5.46. The Morgan fingerprint density at radius 2 is 2.00 bits per heavy atom. The van der Waals surface area contributed by atoms with Gasteiger partial charge in [-0.1, -0.05) is 17.3 Å². The van der Waals surface area contributed by atoms with E-state index in [9.17, 15) is 14.0 Å². The number of hydrogen-bond donors (Lipinski definition) is 2. The number of amides is 3. The number of urea groups is 1. The zero-order valence-corrected chi connectivity index (χ0v) is 12.9. The van der Waals surface area contributed by atoms with E-state index in [0.717, 1.165) is 12.8 Å². The van der Waals surface area contributed by atoms with E-state index >= 15 is 0 Å². The van der Waals surface area contributed by atoms with E-state index in [1.807, 2.05) is 0 Å². The highest BCUT2D eigenvalue weighted by molar-refractivity contribution is 5.93. The van der Waals surface area contributed by atoms with Crippen molar-refractivity contribution in [3.8, 4) is 11.3 Å². The summed E-state index contributed by atoms with van der Waals surface area (Å²) in [6.07, 6.45) is 1.97. The van der Waals surface area contributed by atoms with Crippen molar-refractivity contribution in [3.63, 3.8) is 0 Å². The van der Waals surface area contributed by atoms with Crippen molar-refractivity contribution in [2.24, 2.45) is 0 Å². The maximum atomic E-state index is 13.7. The van der Waals surface area contributed by atoms with Crippen molar-refractivity contribution in [3.05, 3.63) is 36.1 Å². The van der Waals surface area contributed by atoms with E-state index < -0.39 is 11.7 Å². The predicted molar refractivity (Wildman–Crippen MR) is 84.7 cm³/mol. The lowest BCUT2D eigenvalue weighted by atomic mass is 10.1. The third kappa shape index (κ3) is 3.70. The molecule has 3 amide bonds. The summed E-state index contributed by atoms with van der Waals surface area (Å²) in [6.45, 7) is 1.25. The van der Waals surface area contributed by atoms with Crippen LogP contribution in [0.1, 0.15) is 12.8 Å². The third-order valence-corrected chi connectivity index (χ3v) is 3.71. The number of carbonyl (C=O) groups is 2. The molecule has 1 aliphatic heterocycles. The molecule has 1 aromatic carbocycles. The molecule has 1 fully saturated rings. The molecule has 0 spiro atoms. The lowest BCUT2D eigenvalue weighted by Crippen LogP contribution is -2.41. The molecule has 3 rings (SSSR count). The number of benzene rings is 1. The molecule has 126 valence electrons. The summed E-state index contributed by atoms with van der Waals surface area (Å²) in [7, 11) is 0. The molecule has 0 aliphatic carbocycles. The first-order chi connectivity index (χ1) is 11.6. The zero-order chi connectivity index (χ0) is 16.9. The molecule has 0 radical (unpaired) electrons. The quantitative estimate of drug-likeness (QED) is 0.899. The maximum absolute atomic E-state index is 13.7. The van der Waals surface area contributed by atoms with E-state index in [0.29, 0.717) is 13.1 Å². The van der Waals surface area contributed by atoms with E-state index in [2.05, 4.69) is 15.8 Å². The van der Waals surface area contributed by atoms with Crippen molar-refractivity contribution < 1.29 is 18.5 Å². The monoisotopic (exact) mass is 332 g/mol. The molecule has 0 bridgehead atoms. The fraction of sp³-hybridized carbons (Fsp3) is 0.312. The number of anilines is 1. The SMILES string of the molecule is O=C(CNC(=O)N1CCCC1)Nc1cc(-c2ccccc2F)on1. The van der Waals surface area contributed by atoms with Gasteiger partial charge in [-0.15, -0.1) is 0 Å². The molecule has 2 heterocycles. The highest BCUT2D eigenvalue weighted by Gasteiger charge is 2.18. The van der Waals surface area contributed by atoms with Crippen LogP contribution in [0, 0.1) is 5.82 Å². The second kappa shape index (κ2) is 7.12. The Labute approximate surface area is 137 Å². The van der Waals surface area contributed by atoms with Crippen LogP contribution in [0.2, 0.25) is 0 Å². The fourth-order valence-corrected chi connectivity index (χ4v) is 2.50. The summed E-state index contributed by atoms with van der Waals surface area (Å²) in [6, 6.07) is 7.28. The van der Waals surface area contributed by atoms with Crippen LogP contribution >= 0.6 is 0 Å². The summed E-state index contributed by atoms with van der Waals surface area (Å²) in [5.74, 6) is -0.501. The van der Waals surface area contributed by atoms with E-state index in [-0.39, 0.29) is 29.7 Å². The van der Waals surface area contributed by atoms with Crippen LogP contribution < -0.4 is 10.6 Å². The minimum atomic E-state index is -0.440. The number of nitrogens with zero attached hydrogens (tertiary/aromatic N) is 2. The van der Waals surface area contributed by atoms with Crippen molar-refractivity contribution in [2.45, 2.75) is 12.8 Å².